The number of likely N-dealkylation sites (tertiary alicyclic amines) is 1. The summed E-state index contributed by atoms with van der Waals surface area (Å²) in [5.41, 5.74) is 2.49. The first-order valence-corrected chi connectivity index (χ1v) is 9.34. The molecule has 0 N–H and O–H groups in total. The van der Waals surface area contributed by atoms with Gasteiger partial charge in [0.15, 0.2) is 0 Å². The number of ether oxygens (including phenoxy) is 1. The molecule has 0 spiro atoms. The maximum atomic E-state index is 13.1. The number of fused-ring (bicyclic) bond motifs is 1. The quantitative estimate of drug-likeness (QED) is 0.847. The van der Waals surface area contributed by atoms with Crippen LogP contribution in [0.4, 0.5) is 0 Å². The summed E-state index contributed by atoms with van der Waals surface area (Å²) < 4.78 is 5.32. The summed E-state index contributed by atoms with van der Waals surface area (Å²) in [7, 11) is 1.68. The standard InChI is InChI=1S/C20H28N2O3/c1-3-19(23)21-10-5-7-17(14-21)20(24)22-11-4-6-15-12-18(25-2)9-8-16(15)13-22/h8-9,12,17H,3-7,10-11,13-14H2,1-2H3/t17-/m1/s1. The molecular formula is C20H28N2O3. The van der Waals surface area contributed by atoms with Crippen molar-refractivity contribution in [2.75, 3.05) is 26.7 Å². The molecule has 0 unspecified atom stereocenters. The third kappa shape index (κ3) is 3.97. The molecule has 2 aliphatic rings. The van der Waals surface area contributed by atoms with Gasteiger partial charge in [-0.05, 0) is 48.9 Å². The molecule has 1 saturated heterocycles. The predicted molar refractivity (Wildman–Crippen MR) is 96.3 cm³/mol. The molecule has 0 saturated carbocycles. The first kappa shape index (κ1) is 17.8. The second kappa shape index (κ2) is 7.89. The fourth-order valence-electron chi connectivity index (χ4n) is 3.94. The van der Waals surface area contributed by atoms with E-state index in [4.69, 9.17) is 4.74 Å². The number of methoxy groups -OCH3 is 1. The van der Waals surface area contributed by atoms with Crippen LogP contribution in [0.15, 0.2) is 18.2 Å². The number of rotatable bonds is 3. The number of hydrogen-bond acceptors (Lipinski definition) is 3. The van der Waals surface area contributed by atoms with Gasteiger partial charge in [0.05, 0.1) is 13.0 Å². The first-order valence-electron chi connectivity index (χ1n) is 9.34. The fourth-order valence-corrected chi connectivity index (χ4v) is 3.94. The van der Waals surface area contributed by atoms with E-state index in [1.54, 1.807) is 7.11 Å². The summed E-state index contributed by atoms with van der Waals surface area (Å²) in [4.78, 5) is 28.9. The van der Waals surface area contributed by atoms with Gasteiger partial charge in [0.1, 0.15) is 5.75 Å². The minimum atomic E-state index is -0.0518. The van der Waals surface area contributed by atoms with Gasteiger partial charge < -0.3 is 14.5 Å². The van der Waals surface area contributed by atoms with Crippen LogP contribution < -0.4 is 4.74 Å². The molecule has 1 fully saturated rings. The van der Waals surface area contributed by atoms with Gasteiger partial charge in [0.2, 0.25) is 11.8 Å². The van der Waals surface area contributed by atoms with Crippen molar-refractivity contribution in [3.63, 3.8) is 0 Å². The number of nitrogens with zero attached hydrogens (tertiary/aromatic N) is 2. The van der Waals surface area contributed by atoms with E-state index in [1.807, 2.05) is 22.8 Å². The topological polar surface area (TPSA) is 49.9 Å². The van der Waals surface area contributed by atoms with Crippen LogP contribution in [0.5, 0.6) is 5.75 Å². The van der Waals surface area contributed by atoms with Gasteiger partial charge in [0, 0.05) is 32.6 Å². The van der Waals surface area contributed by atoms with Crippen LogP contribution in [0.3, 0.4) is 0 Å². The Kier molecular flexibility index (Phi) is 5.61. The van der Waals surface area contributed by atoms with Gasteiger partial charge in [0.25, 0.3) is 0 Å². The van der Waals surface area contributed by atoms with Crippen molar-refractivity contribution >= 4 is 11.8 Å². The average Bonchev–Trinajstić information content (AvgIpc) is 2.88. The Morgan fingerprint density at radius 1 is 1.16 bits per heavy atom. The first-order chi connectivity index (χ1) is 12.1. The summed E-state index contributed by atoms with van der Waals surface area (Å²) in [5, 5.41) is 0. The lowest BCUT2D eigenvalue weighted by molar-refractivity contribution is -0.141. The Hall–Kier alpha value is -2.04. The largest absolute Gasteiger partial charge is 0.497 e. The van der Waals surface area contributed by atoms with E-state index in [2.05, 4.69) is 12.1 Å². The van der Waals surface area contributed by atoms with Gasteiger partial charge in [-0.2, -0.15) is 0 Å². The Labute approximate surface area is 149 Å². The van der Waals surface area contributed by atoms with Crippen molar-refractivity contribution in [1.82, 2.24) is 9.80 Å². The second-order valence-corrected chi connectivity index (χ2v) is 7.03. The molecule has 0 radical (unpaired) electrons. The molecule has 2 heterocycles. The van der Waals surface area contributed by atoms with E-state index in [9.17, 15) is 9.59 Å². The van der Waals surface area contributed by atoms with Gasteiger partial charge in [-0.25, -0.2) is 0 Å². The van der Waals surface area contributed by atoms with E-state index in [1.165, 1.54) is 11.1 Å². The molecule has 5 nitrogen and oxygen atoms in total. The highest BCUT2D eigenvalue weighted by Gasteiger charge is 2.31. The summed E-state index contributed by atoms with van der Waals surface area (Å²) in [6.07, 6.45) is 4.26. The van der Waals surface area contributed by atoms with Crippen LogP contribution in [0, 0.1) is 5.92 Å². The molecule has 5 heteroatoms. The van der Waals surface area contributed by atoms with Crippen molar-refractivity contribution in [2.45, 2.75) is 45.6 Å². The number of hydrogen-bond donors (Lipinski definition) is 0. The summed E-state index contributed by atoms with van der Waals surface area (Å²) in [6, 6.07) is 6.13. The normalized spacial score (nSPS) is 20.6. The third-order valence-electron chi connectivity index (χ3n) is 5.39. The second-order valence-electron chi connectivity index (χ2n) is 7.03. The fraction of sp³-hybridized carbons (Fsp3) is 0.600. The molecule has 0 aromatic heterocycles. The van der Waals surface area contributed by atoms with Gasteiger partial charge in [-0.1, -0.05) is 13.0 Å². The van der Waals surface area contributed by atoms with Crippen LogP contribution >= 0.6 is 0 Å². The number of piperidine rings is 1. The van der Waals surface area contributed by atoms with E-state index in [0.717, 1.165) is 44.5 Å². The minimum Gasteiger partial charge on any atom is -0.497 e. The van der Waals surface area contributed by atoms with E-state index in [-0.39, 0.29) is 17.7 Å². The highest BCUT2D eigenvalue weighted by molar-refractivity contribution is 5.81. The molecule has 136 valence electrons. The van der Waals surface area contributed by atoms with E-state index >= 15 is 0 Å². The van der Waals surface area contributed by atoms with Crippen LogP contribution in [-0.2, 0) is 22.6 Å². The Bertz CT molecular complexity index is 644. The van der Waals surface area contributed by atoms with E-state index in [0.29, 0.717) is 19.5 Å². The van der Waals surface area contributed by atoms with Crippen molar-refractivity contribution in [3.05, 3.63) is 29.3 Å². The Morgan fingerprint density at radius 2 is 1.96 bits per heavy atom. The summed E-state index contributed by atoms with van der Waals surface area (Å²) in [6.45, 7) is 4.70. The van der Waals surface area contributed by atoms with Gasteiger partial charge in [-0.3, -0.25) is 9.59 Å². The average molecular weight is 344 g/mol. The molecule has 2 aliphatic heterocycles. The van der Waals surface area contributed by atoms with Gasteiger partial charge >= 0.3 is 0 Å². The lowest BCUT2D eigenvalue weighted by Crippen LogP contribution is -2.46. The van der Waals surface area contributed by atoms with Gasteiger partial charge in [-0.15, -0.1) is 0 Å². The molecule has 1 aromatic rings. The lowest BCUT2D eigenvalue weighted by atomic mass is 9.96. The van der Waals surface area contributed by atoms with Crippen LogP contribution in [0.1, 0.15) is 43.7 Å². The molecule has 25 heavy (non-hydrogen) atoms. The zero-order valence-electron chi connectivity index (χ0n) is 15.3. The predicted octanol–water partition coefficient (Wildman–Crippen LogP) is 2.62. The lowest BCUT2D eigenvalue weighted by Gasteiger charge is -2.34. The number of benzene rings is 1. The monoisotopic (exact) mass is 344 g/mol. The molecule has 1 aromatic carbocycles. The SMILES string of the molecule is CCC(=O)N1CCC[C@@H](C(=O)N2CCCc3cc(OC)ccc3C2)C1. The molecule has 0 aliphatic carbocycles. The Morgan fingerprint density at radius 3 is 2.72 bits per heavy atom. The maximum absolute atomic E-state index is 13.1. The molecule has 2 amide bonds. The molecule has 1 atom stereocenters. The maximum Gasteiger partial charge on any atom is 0.227 e. The van der Waals surface area contributed by atoms with Crippen LogP contribution in [-0.4, -0.2) is 48.4 Å². The van der Waals surface area contributed by atoms with Crippen molar-refractivity contribution in [2.24, 2.45) is 5.92 Å². The van der Waals surface area contributed by atoms with Crippen LogP contribution in [0.25, 0.3) is 0 Å². The molecular weight excluding hydrogens is 316 g/mol. The van der Waals surface area contributed by atoms with Crippen molar-refractivity contribution in [3.8, 4) is 5.75 Å². The number of carbonyl (C=O) groups excluding carboxylic acids is 2. The van der Waals surface area contributed by atoms with Crippen molar-refractivity contribution < 1.29 is 14.3 Å². The van der Waals surface area contributed by atoms with Crippen molar-refractivity contribution in [1.29, 1.82) is 0 Å². The van der Waals surface area contributed by atoms with E-state index < -0.39 is 0 Å². The highest BCUT2D eigenvalue weighted by Crippen LogP contribution is 2.26. The molecule has 3 rings (SSSR count). The molecule has 0 bridgehead atoms. The minimum absolute atomic E-state index is 0.0518. The summed E-state index contributed by atoms with van der Waals surface area (Å²) >= 11 is 0. The zero-order chi connectivity index (χ0) is 17.8. The zero-order valence-corrected chi connectivity index (χ0v) is 15.3. The Balaban J connectivity index is 1.70. The number of carbonyl (C=O) groups is 2. The number of amides is 2. The highest BCUT2D eigenvalue weighted by atomic mass is 16.5. The third-order valence-corrected chi connectivity index (χ3v) is 5.39. The summed E-state index contributed by atoms with van der Waals surface area (Å²) in [5.74, 6) is 1.19. The smallest absolute Gasteiger partial charge is 0.227 e. The number of aryl methyl sites for hydroxylation is 1. The van der Waals surface area contributed by atoms with Crippen LogP contribution in [0.2, 0.25) is 0 Å².